The van der Waals surface area contributed by atoms with E-state index < -0.39 is 11.9 Å². The van der Waals surface area contributed by atoms with Gasteiger partial charge in [-0.2, -0.15) is 0 Å². The molecular formula is C6H8O4. The second-order valence-corrected chi connectivity index (χ2v) is 1.84. The van der Waals surface area contributed by atoms with Crippen molar-refractivity contribution in [3.63, 3.8) is 0 Å². The monoisotopic (exact) mass is 144 g/mol. The quantitative estimate of drug-likeness (QED) is 0.400. The number of Topliss-reactive ketones (excluding diaryl/α,β-unsaturated/α-hetero) is 1. The first-order valence-corrected chi connectivity index (χ1v) is 2.80. The molecule has 0 saturated carbocycles. The third-order valence-corrected chi connectivity index (χ3v) is 0.937. The number of aldehydes is 2. The van der Waals surface area contributed by atoms with Gasteiger partial charge in [-0.3, -0.25) is 9.59 Å². The molecule has 1 atom stereocenters. The second kappa shape index (κ2) is 4.81. The zero-order valence-corrected chi connectivity index (χ0v) is 5.32. The number of hydrogen-bond donors (Lipinski definition) is 1. The van der Waals surface area contributed by atoms with Gasteiger partial charge in [0, 0.05) is 12.8 Å². The summed E-state index contributed by atoms with van der Waals surface area (Å²) >= 11 is 0. The Morgan fingerprint density at radius 3 is 2.50 bits per heavy atom. The van der Waals surface area contributed by atoms with Crippen LogP contribution in [0.2, 0.25) is 0 Å². The standard InChI is InChI=1S/C6H8O4/c7-2-1-5(9)3-6(10)4-8/h2,4-5,9H,1,3H2. The molecule has 0 bridgehead atoms. The maximum Gasteiger partial charge on any atom is 0.197 e. The van der Waals surface area contributed by atoms with E-state index in [2.05, 4.69) is 0 Å². The summed E-state index contributed by atoms with van der Waals surface area (Å²) in [4.78, 5) is 29.7. The van der Waals surface area contributed by atoms with Crippen LogP contribution in [0.1, 0.15) is 12.8 Å². The fraction of sp³-hybridized carbons (Fsp3) is 0.500. The fourth-order valence-electron chi connectivity index (χ4n) is 0.475. The van der Waals surface area contributed by atoms with Gasteiger partial charge < -0.3 is 9.90 Å². The lowest BCUT2D eigenvalue weighted by Crippen LogP contribution is -2.14. The molecule has 0 aliphatic heterocycles. The molecule has 0 fully saturated rings. The summed E-state index contributed by atoms with van der Waals surface area (Å²) in [6.07, 6.45) is -0.728. The lowest BCUT2D eigenvalue weighted by atomic mass is 10.1. The maximum atomic E-state index is 10.3. The number of carbonyl (C=O) groups is 3. The molecule has 0 aliphatic rings. The highest BCUT2D eigenvalue weighted by Crippen LogP contribution is 1.94. The average molecular weight is 144 g/mol. The molecule has 4 nitrogen and oxygen atoms in total. The molecule has 0 rings (SSSR count). The first-order valence-electron chi connectivity index (χ1n) is 2.80. The van der Waals surface area contributed by atoms with Crippen molar-refractivity contribution in [1.29, 1.82) is 0 Å². The molecule has 4 heteroatoms. The topological polar surface area (TPSA) is 71.4 Å². The van der Waals surface area contributed by atoms with Gasteiger partial charge in [-0.1, -0.05) is 0 Å². The number of carbonyl (C=O) groups excluding carboxylic acids is 3. The first kappa shape index (κ1) is 8.97. The summed E-state index contributed by atoms with van der Waals surface area (Å²) in [6, 6.07) is 0. The highest BCUT2D eigenvalue weighted by atomic mass is 16.3. The summed E-state index contributed by atoms with van der Waals surface area (Å²) in [6.45, 7) is 0. The molecule has 1 unspecified atom stereocenters. The Balaban J connectivity index is 3.55. The molecule has 0 radical (unpaired) electrons. The van der Waals surface area contributed by atoms with E-state index in [0.717, 1.165) is 0 Å². The Kier molecular flexibility index (Phi) is 4.32. The van der Waals surface area contributed by atoms with E-state index >= 15 is 0 Å². The fourth-order valence-corrected chi connectivity index (χ4v) is 0.475. The minimum atomic E-state index is -1.00. The van der Waals surface area contributed by atoms with Crippen molar-refractivity contribution in [1.82, 2.24) is 0 Å². The molecule has 0 spiro atoms. The Morgan fingerprint density at radius 2 is 2.10 bits per heavy atom. The number of aliphatic hydroxyl groups is 1. The van der Waals surface area contributed by atoms with Crippen molar-refractivity contribution in [2.75, 3.05) is 0 Å². The van der Waals surface area contributed by atoms with Gasteiger partial charge >= 0.3 is 0 Å². The maximum absolute atomic E-state index is 10.3. The normalized spacial score (nSPS) is 12.1. The predicted molar refractivity (Wildman–Crippen MR) is 32.4 cm³/mol. The third-order valence-electron chi connectivity index (χ3n) is 0.937. The van der Waals surface area contributed by atoms with Crippen molar-refractivity contribution in [2.45, 2.75) is 18.9 Å². The van der Waals surface area contributed by atoms with Crippen LogP contribution < -0.4 is 0 Å². The zero-order chi connectivity index (χ0) is 7.98. The number of ketones is 1. The van der Waals surface area contributed by atoms with E-state index in [0.29, 0.717) is 6.29 Å². The van der Waals surface area contributed by atoms with Crippen molar-refractivity contribution in [2.24, 2.45) is 0 Å². The molecule has 0 amide bonds. The Hall–Kier alpha value is -1.03. The van der Waals surface area contributed by atoms with Crippen molar-refractivity contribution >= 4 is 18.4 Å². The molecular weight excluding hydrogens is 136 g/mol. The smallest absolute Gasteiger partial charge is 0.197 e. The minimum Gasteiger partial charge on any atom is -0.392 e. The molecule has 56 valence electrons. The van der Waals surface area contributed by atoms with Gasteiger partial charge in [0.25, 0.3) is 0 Å². The molecule has 1 N–H and O–H groups in total. The third kappa shape index (κ3) is 3.91. The largest absolute Gasteiger partial charge is 0.392 e. The van der Waals surface area contributed by atoms with Crippen molar-refractivity contribution in [3.8, 4) is 0 Å². The summed E-state index contributed by atoms with van der Waals surface area (Å²) in [5.74, 6) is -0.686. The second-order valence-electron chi connectivity index (χ2n) is 1.84. The van der Waals surface area contributed by atoms with Gasteiger partial charge in [0.05, 0.1) is 6.10 Å². The Labute approximate surface area is 57.8 Å². The highest BCUT2D eigenvalue weighted by Gasteiger charge is 2.08. The lowest BCUT2D eigenvalue weighted by molar-refractivity contribution is -0.131. The van der Waals surface area contributed by atoms with Gasteiger partial charge in [0.15, 0.2) is 12.1 Å². The number of hydrogen-bond acceptors (Lipinski definition) is 4. The van der Waals surface area contributed by atoms with Gasteiger partial charge in [-0.25, -0.2) is 0 Å². The van der Waals surface area contributed by atoms with Crippen LogP contribution in [0.5, 0.6) is 0 Å². The van der Waals surface area contributed by atoms with Gasteiger partial charge in [0.2, 0.25) is 0 Å². The van der Waals surface area contributed by atoms with Crippen molar-refractivity contribution < 1.29 is 19.5 Å². The molecule has 0 aliphatic carbocycles. The van der Waals surface area contributed by atoms with Crippen LogP contribution >= 0.6 is 0 Å². The highest BCUT2D eigenvalue weighted by molar-refractivity contribution is 6.25. The molecule has 0 aromatic carbocycles. The molecule has 0 heterocycles. The SMILES string of the molecule is O=CCC(O)CC(=O)C=O. The summed E-state index contributed by atoms with van der Waals surface area (Å²) in [5, 5.41) is 8.74. The van der Waals surface area contributed by atoms with Crippen LogP contribution in [0.4, 0.5) is 0 Å². The van der Waals surface area contributed by atoms with Crippen LogP contribution in [0.3, 0.4) is 0 Å². The van der Waals surface area contributed by atoms with E-state index in [-0.39, 0.29) is 19.1 Å². The van der Waals surface area contributed by atoms with Crippen LogP contribution in [-0.4, -0.2) is 29.6 Å². The molecule has 0 aromatic rings. The lowest BCUT2D eigenvalue weighted by Gasteiger charge is -2.00. The van der Waals surface area contributed by atoms with E-state index in [9.17, 15) is 14.4 Å². The first-order chi connectivity index (χ1) is 4.70. The van der Waals surface area contributed by atoms with E-state index in [1.165, 1.54) is 0 Å². The van der Waals surface area contributed by atoms with Crippen LogP contribution in [-0.2, 0) is 14.4 Å². The van der Waals surface area contributed by atoms with Crippen LogP contribution in [0.15, 0.2) is 0 Å². The van der Waals surface area contributed by atoms with Crippen LogP contribution in [0.25, 0.3) is 0 Å². The van der Waals surface area contributed by atoms with E-state index in [4.69, 9.17) is 5.11 Å². The van der Waals surface area contributed by atoms with Crippen molar-refractivity contribution in [3.05, 3.63) is 0 Å². The molecule has 10 heavy (non-hydrogen) atoms. The molecule has 0 saturated heterocycles. The minimum absolute atomic E-state index is 0.0976. The zero-order valence-electron chi connectivity index (χ0n) is 5.32. The molecule has 0 aromatic heterocycles. The Morgan fingerprint density at radius 1 is 1.50 bits per heavy atom. The number of aliphatic hydroxyl groups excluding tert-OH is 1. The van der Waals surface area contributed by atoms with Gasteiger partial charge in [-0.05, 0) is 0 Å². The average Bonchev–Trinajstić information content (AvgIpc) is 1.88. The van der Waals surface area contributed by atoms with Crippen LogP contribution in [0, 0.1) is 0 Å². The predicted octanol–water partition coefficient (Wildman–Crippen LogP) is -0.906. The summed E-state index contributed by atoms with van der Waals surface area (Å²) in [5.41, 5.74) is 0. The van der Waals surface area contributed by atoms with Gasteiger partial charge in [-0.15, -0.1) is 0 Å². The Bertz CT molecular complexity index is 141. The summed E-state index contributed by atoms with van der Waals surface area (Å²) in [7, 11) is 0. The number of rotatable bonds is 5. The van der Waals surface area contributed by atoms with E-state index in [1.807, 2.05) is 0 Å². The van der Waals surface area contributed by atoms with Gasteiger partial charge in [0.1, 0.15) is 6.29 Å². The van der Waals surface area contributed by atoms with E-state index in [1.54, 1.807) is 0 Å². The summed E-state index contributed by atoms with van der Waals surface area (Å²) < 4.78 is 0.